The van der Waals surface area contributed by atoms with Gasteiger partial charge in [-0.1, -0.05) is 26.2 Å². The molecule has 6 heteroatoms. The van der Waals surface area contributed by atoms with Crippen molar-refractivity contribution in [2.45, 2.75) is 58.0 Å². The molecule has 0 bridgehead atoms. The number of carbonyl (C=O) groups is 2. The van der Waals surface area contributed by atoms with Crippen LogP contribution in [0.1, 0.15) is 46.0 Å². The molecule has 6 nitrogen and oxygen atoms in total. The molecule has 0 aromatic heterocycles. The second-order valence-electron chi connectivity index (χ2n) is 4.42. The summed E-state index contributed by atoms with van der Waals surface area (Å²) in [6, 6.07) is -1.53. The zero-order valence-corrected chi connectivity index (χ0v) is 11.1. The lowest BCUT2D eigenvalue weighted by Gasteiger charge is -2.17. The molecule has 0 fully saturated rings. The Morgan fingerprint density at radius 3 is 2.33 bits per heavy atom. The maximum absolute atomic E-state index is 11.5. The van der Waals surface area contributed by atoms with E-state index in [0.717, 1.165) is 25.7 Å². The van der Waals surface area contributed by atoms with Crippen LogP contribution in [0.5, 0.6) is 0 Å². The summed E-state index contributed by atoms with van der Waals surface area (Å²) in [5, 5.41) is 22.5. The van der Waals surface area contributed by atoms with Crippen LogP contribution < -0.4 is 10.6 Å². The van der Waals surface area contributed by atoms with Gasteiger partial charge in [-0.2, -0.15) is 0 Å². The highest BCUT2D eigenvalue weighted by atomic mass is 16.4. The molecule has 0 aliphatic heterocycles. The van der Waals surface area contributed by atoms with Crippen LogP contribution in [0.25, 0.3) is 0 Å². The molecular weight excluding hydrogens is 236 g/mol. The number of carbonyl (C=O) groups excluding carboxylic acids is 1. The Morgan fingerprint density at radius 2 is 1.83 bits per heavy atom. The number of aliphatic hydroxyl groups excluding tert-OH is 1. The van der Waals surface area contributed by atoms with E-state index in [1.165, 1.54) is 0 Å². The second kappa shape index (κ2) is 9.70. The SMILES string of the molecule is CCCCCC(C)NC(=O)N[C@@H](CCO)C(=O)O. The number of aliphatic hydroxyl groups is 1. The molecule has 2 atom stereocenters. The summed E-state index contributed by atoms with van der Waals surface area (Å²) >= 11 is 0. The van der Waals surface area contributed by atoms with Gasteiger partial charge in [-0.05, 0) is 13.3 Å². The fourth-order valence-corrected chi connectivity index (χ4v) is 1.58. The maximum Gasteiger partial charge on any atom is 0.326 e. The first-order valence-electron chi connectivity index (χ1n) is 6.42. The van der Waals surface area contributed by atoms with Gasteiger partial charge in [-0.15, -0.1) is 0 Å². The summed E-state index contributed by atoms with van der Waals surface area (Å²) in [5.41, 5.74) is 0. The van der Waals surface area contributed by atoms with Crippen LogP contribution in [0.2, 0.25) is 0 Å². The molecule has 0 rings (SSSR count). The molecule has 2 amide bonds. The van der Waals surface area contributed by atoms with E-state index < -0.39 is 18.0 Å². The predicted molar refractivity (Wildman–Crippen MR) is 68.4 cm³/mol. The molecular formula is C12H24N2O4. The number of unbranched alkanes of at least 4 members (excludes halogenated alkanes) is 2. The first kappa shape index (κ1) is 16.7. The van der Waals surface area contributed by atoms with Crippen molar-refractivity contribution in [1.82, 2.24) is 10.6 Å². The summed E-state index contributed by atoms with van der Waals surface area (Å²) in [6.45, 7) is 3.72. The second-order valence-corrected chi connectivity index (χ2v) is 4.42. The fourth-order valence-electron chi connectivity index (χ4n) is 1.58. The lowest BCUT2D eigenvalue weighted by atomic mass is 10.1. The van der Waals surface area contributed by atoms with E-state index in [9.17, 15) is 9.59 Å². The topological polar surface area (TPSA) is 98.7 Å². The molecule has 0 aliphatic rings. The van der Waals surface area contributed by atoms with Crippen LogP contribution in [-0.2, 0) is 4.79 Å². The molecule has 0 saturated heterocycles. The van der Waals surface area contributed by atoms with E-state index in [1.807, 2.05) is 6.92 Å². The maximum atomic E-state index is 11.5. The predicted octanol–water partition coefficient (Wildman–Crippen LogP) is 1.09. The van der Waals surface area contributed by atoms with Crippen molar-refractivity contribution in [3.8, 4) is 0 Å². The fraction of sp³-hybridized carbons (Fsp3) is 0.833. The van der Waals surface area contributed by atoms with E-state index in [1.54, 1.807) is 0 Å². The highest BCUT2D eigenvalue weighted by molar-refractivity contribution is 5.82. The number of amides is 2. The largest absolute Gasteiger partial charge is 0.480 e. The smallest absolute Gasteiger partial charge is 0.326 e. The van der Waals surface area contributed by atoms with Gasteiger partial charge in [-0.3, -0.25) is 0 Å². The van der Waals surface area contributed by atoms with E-state index in [-0.39, 0.29) is 19.1 Å². The van der Waals surface area contributed by atoms with Crippen molar-refractivity contribution in [1.29, 1.82) is 0 Å². The first-order valence-corrected chi connectivity index (χ1v) is 6.42. The number of aliphatic carboxylic acids is 1. The number of nitrogens with one attached hydrogen (secondary N) is 2. The Bertz CT molecular complexity index is 258. The molecule has 18 heavy (non-hydrogen) atoms. The van der Waals surface area contributed by atoms with Crippen LogP contribution in [0, 0.1) is 0 Å². The van der Waals surface area contributed by atoms with Gasteiger partial charge >= 0.3 is 12.0 Å². The number of rotatable bonds is 9. The van der Waals surface area contributed by atoms with Crippen LogP contribution in [0.3, 0.4) is 0 Å². The Labute approximate surface area is 108 Å². The molecule has 1 unspecified atom stereocenters. The summed E-state index contributed by atoms with van der Waals surface area (Å²) in [5.74, 6) is -1.14. The van der Waals surface area contributed by atoms with E-state index in [0.29, 0.717) is 0 Å². The van der Waals surface area contributed by atoms with E-state index >= 15 is 0 Å². The first-order chi connectivity index (χ1) is 8.51. The Kier molecular flexibility index (Phi) is 9.00. The summed E-state index contributed by atoms with van der Waals surface area (Å²) in [7, 11) is 0. The number of urea groups is 1. The Hall–Kier alpha value is -1.30. The van der Waals surface area contributed by atoms with Gasteiger partial charge in [0, 0.05) is 19.1 Å². The van der Waals surface area contributed by atoms with Crippen molar-refractivity contribution >= 4 is 12.0 Å². The molecule has 0 aromatic rings. The minimum absolute atomic E-state index is 0.00691. The van der Waals surface area contributed by atoms with Crippen molar-refractivity contribution in [2.24, 2.45) is 0 Å². The van der Waals surface area contributed by atoms with Gasteiger partial charge in [0.2, 0.25) is 0 Å². The van der Waals surface area contributed by atoms with Crippen molar-refractivity contribution < 1.29 is 19.8 Å². The van der Waals surface area contributed by atoms with Crippen LogP contribution in [-0.4, -0.2) is 40.9 Å². The summed E-state index contributed by atoms with van der Waals surface area (Å²) in [6.07, 6.45) is 4.16. The van der Waals surface area contributed by atoms with Crippen molar-refractivity contribution in [2.75, 3.05) is 6.61 Å². The van der Waals surface area contributed by atoms with Gasteiger partial charge < -0.3 is 20.8 Å². The number of carboxylic acid groups (broad SMARTS) is 1. The minimum Gasteiger partial charge on any atom is -0.480 e. The zero-order chi connectivity index (χ0) is 14.0. The Balaban J connectivity index is 3.96. The van der Waals surface area contributed by atoms with E-state index in [4.69, 9.17) is 10.2 Å². The normalized spacial score (nSPS) is 13.7. The highest BCUT2D eigenvalue weighted by Crippen LogP contribution is 2.02. The van der Waals surface area contributed by atoms with E-state index in [2.05, 4.69) is 17.6 Å². The average molecular weight is 260 g/mol. The average Bonchev–Trinajstić information content (AvgIpc) is 2.28. The molecule has 0 radical (unpaired) electrons. The summed E-state index contributed by atoms with van der Waals surface area (Å²) in [4.78, 5) is 22.3. The van der Waals surface area contributed by atoms with Crippen LogP contribution in [0.4, 0.5) is 4.79 Å². The third kappa shape index (κ3) is 7.89. The molecule has 0 aliphatic carbocycles. The molecule has 0 spiro atoms. The number of hydrogen-bond donors (Lipinski definition) is 4. The quantitative estimate of drug-likeness (QED) is 0.466. The Morgan fingerprint density at radius 1 is 1.17 bits per heavy atom. The zero-order valence-electron chi connectivity index (χ0n) is 11.1. The standard InChI is InChI=1S/C12H24N2O4/c1-3-4-5-6-9(2)13-12(18)14-10(7-8-15)11(16)17/h9-10,15H,3-8H2,1-2H3,(H,16,17)(H2,13,14,18)/t9?,10-/m0/s1. The summed E-state index contributed by atoms with van der Waals surface area (Å²) < 4.78 is 0. The molecule has 0 saturated carbocycles. The third-order valence-electron chi connectivity index (χ3n) is 2.64. The lowest BCUT2D eigenvalue weighted by Crippen LogP contribution is -2.48. The third-order valence-corrected chi connectivity index (χ3v) is 2.64. The van der Waals surface area contributed by atoms with Crippen molar-refractivity contribution in [3.05, 3.63) is 0 Å². The number of carboxylic acids is 1. The molecule has 106 valence electrons. The van der Waals surface area contributed by atoms with Gasteiger partial charge in [0.25, 0.3) is 0 Å². The van der Waals surface area contributed by atoms with Gasteiger partial charge in [0.15, 0.2) is 0 Å². The number of hydrogen-bond acceptors (Lipinski definition) is 3. The van der Waals surface area contributed by atoms with Crippen LogP contribution in [0.15, 0.2) is 0 Å². The highest BCUT2D eigenvalue weighted by Gasteiger charge is 2.19. The van der Waals surface area contributed by atoms with Gasteiger partial charge in [-0.25, -0.2) is 9.59 Å². The van der Waals surface area contributed by atoms with Gasteiger partial charge in [0.05, 0.1) is 0 Å². The molecule has 0 heterocycles. The van der Waals surface area contributed by atoms with Crippen LogP contribution >= 0.6 is 0 Å². The molecule has 4 N–H and O–H groups in total. The monoisotopic (exact) mass is 260 g/mol. The minimum atomic E-state index is -1.14. The van der Waals surface area contributed by atoms with Gasteiger partial charge in [0.1, 0.15) is 6.04 Å². The lowest BCUT2D eigenvalue weighted by molar-refractivity contribution is -0.139. The van der Waals surface area contributed by atoms with Crippen molar-refractivity contribution in [3.63, 3.8) is 0 Å². The molecule has 0 aromatic carbocycles.